The number of hydrogen-bond donors (Lipinski definition) is 0. The van der Waals surface area contributed by atoms with Gasteiger partial charge in [0.15, 0.2) is 0 Å². The van der Waals surface area contributed by atoms with Crippen LogP contribution in [0.4, 0.5) is 5.69 Å². The van der Waals surface area contributed by atoms with E-state index in [9.17, 15) is 4.79 Å². The highest BCUT2D eigenvalue weighted by molar-refractivity contribution is 6.29. The SMILES string of the molecule is COCCN(C(=O)CCl)c1cccc(C)c1C. The smallest absolute Gasteiger partial charge is 0.241 e. The molecular formula is C13H18ClNO2. The number of carbonyl (C=O) groups is 1. The van der Waals surface area contributed by atoms with Crippen LogP contribution in [-0.2, 0) is 9.53 Å². The number of carbonyl (C=O) groups excluding carboxylic acids is 1. The average molecular weight is 256 g/mol. The topological polar surface area (TPSA) is 29.5 Å². The van der Waals surface area contributed by atoms with E-state index in [0.29, 0.717) is 13.2 Å². The number of benzene rings is 1. The largest absolute Gasteiger partial charge is 0.383 e. The molecule has 0 saturated carbocycles. The van der Waals surface area contributed by atoms with Crippen molar-refractivity contribution in [3.63, 3.8) is 0 Å². The molecule has 0 fully saturated rings. The van der Waals surface area contributed by atoms with Gasteiger partial charge in [0.2, 0.25) is 5.91 Å². The Morgan fingerprint density at radius 2 is 2.12 bits per heavy atom. The third kappa shape index (κ3) is 3.45. The fourth-order valence-electron chi connectivity index (χ4n) is 1.66. The Balaban J connectivity index is 3.03. The summed E-state index contributed by atoms with van der Waals surface area (Å²) in [5, 5.41) is 0. The molecule has 0 bridgehead atoms. The van der Waals surface area contributed by atoms with Crippen molar-refractivity contribution in [1.29, 1.82) is 0 Å². The van der Waals surface area contributed by atoms with Crippen LogP contribution in [0.1, 0.15) is 11.1 Å². The molecular weight excluding hydrogens is 238 g/mol. The average Bonchev–Trinajstić information content (AvgIpc) is 2.34. The predicted molar refractivity (Wildman–Crippen MR) is 70.9 cm³/mol. The fraction of sp³-hybridized carbons (Fsp3) is 0.462. The van der Waals surface area contributed by atoms with E-state index >= 15 is 0 Å². The molecule has 0 heterocycles. The van der Waals surface area contributed by atoms with Crippen LogP contribution in [0.3, 0.4) is 0 Å². The summed E-state index contributed by atoms with van der Waals surface area (Å²) < 4.78 is 5.02. The summed E-state index contributed by atoms with van der Waals surface area (Å²) in [4.78, 5) is 13.5. The Labute approximate surface area is 107 Å². The van der Waals surface area contributed by atoms with Crippen LogP contribution in [0.15, 0.2) is 18.2 Å². The molecule has 0 saturated heterocycles. The Hall–Kier alpha value is -1.06. The molecule has 0 aliphatic rings. The van der Waals surface area contributed by atoms with E-state index in [1.165, 1.54) is 0 Å². The molecule has 0 spiro atoms. The molecule has 0 radical (unpaired) electrons. The van der Waals surface area contributed by atoms with E-state index in [4.69, 9.17) is 16.3 Å². The molecule has 0 unspecified atom stereocenters. The minimum absolute atomic E-state index is 0.0168. The number of hydrogen-bond acceptors (Lipinski definition) is 2. The van der Waals surface area contributed by atoms with Crippen molar-refractivity contribution in [3.05, 3.63) is 29.3 Å². The molecule has 3 nitrogen and oxygen atoms in total. The number of anilines is 1. The van der Waals surface area contributed by atoms with Gasteiger partial charge in [0.05, 0.1) is 6.61 Å². The number of rotatable bonds is 5. The molecule has 0 aliphatic carbocycles. The maximum atomic E-state index is 11.8. The van der Waals surface area contributed by atoms with Gasteiger partial charge < -0.3 is 9.64 Å². The van der Waals surface area contributed by atoms with Gasteiger partial charge in [0.25, 0.3) is 0 Å². The number of methoxy groups -OCH3 is 1. The highest BCUT2D eigenvalue weighted by Crippen LogP contribution is 2.23. The number of halogens is 1. The van der Waals surface area contributed by atoms with Crippen molar-refractivity contribution in [2.75, 3.05) is 31.0 Å². The monoisotopic (exact) mass is 255 g/mol. The maximum Gasteiger partial charge on any atom is 0.241 e. The lowest BCUT2D eigenvalue weighted by Crippen LogP contribution is -2.35. The number of ether oxygens (including phenoxy) is 1. The van der Waals surface area contributed by atoms with E-state index in [-0.39, 0.29) is 11.8 Å². The standard InChI is InChI=1S/C13H18ClNO2/c1-10-5-4-6-12(11(10)2)15(7-8-17-3)13(16)9-14/h4-6H,7-9H2,1-3H3. The van der Waals surface area contributed by atoms with Crippen molar-refractivity contribution in [3.8, 4) is 0 Å². The van der Waals surface area contributed by atoms with Crippen LogP contribution in [-0.4, -0.2) is 32.0 Å². The zero-order chi connectivity index (χ0) is 12.8. The number of aryl methyl sites for hydroxylation is 1. The van der Waals surface area contributed by atoms with Crippen molar-refractivity contribution in [2.45, 2.75) is 13.8 Å². The lowest BCUT2D eigenvalue weighted by atomic mass is 10.1. The molecule has 0 N–H and O–H groups in total. The van der Waals surface area contributed by atoms with Crippen molar-refractivity contribution in [2.24, 2.45) is 0 Å². The Morgan fingerprint density at radius 1 is 1.41 bits per heavy atom. The lowest BCUT2D eigenvalue weighted by molar-refractivity contribution is -0.116. The second-order valence-electron chi connectivity index (χ2n) is 3.89. The van der Waals surface area contributed by atoms with Gasteiger partial charge in [-0.25, -0.2) is 0 Å². The first kappa shape index (κ1) is 14.0. The summed E-state index contributed by atoms with van der Waals surface area (Å²) in [6.45, 7) is 5.05. The van der Waals surface area contributed by atoms with Crippen molar-refractivity contribution >= 4 is 23.2 Å². The normalized spacial score (nSPS) is 10.4. The van der Waals surface area contributed by atoms with E-state index in [1.807, 2.05) is 32.0 Å². The zero-order valence-electron chi connectivity index (χ0n) is 10.5. The van der Waals surface area contributed by atoms with E-state index in [2.05, 4.69) is 0 Å². The van der Waals surface area contributed by atoms with Crippen LogP contribution in [0, 0.1) is 13.8 Å². The minimum atomic E-state index is -0.0996. The molecule has 94 valence electrons. The third-order valence-corrected chi connectivity index (χ3v) is 3.03. The van der Waals surface area contributed by atoms with Gasteiger partial charge in [0, 0.05) is 19.3 Å². The third-order valence-electron chi connectivity index (χ3n) is 2.80. The molecule has 1 amide bonds. The Bertz CT molecular complexity index is 393. The number of nitrogens with zero attached hydrogens (tertiary/aromatic N) is 1. The highest BCUT2D eigenvalue weighted by atomic mass is 35.5. The van der Waals surface area contributed by atoms with Gasteiger partial charge in [-0.2, -0.15) is 0 Å². The van der Waals surface area contributed by atoms with E-state index < -0.39 is 0 Å². The molecule has 0 atom stereocenters. The van der Waals surface area contributed by atoms with Crippen molar-refractivity contribution in [1.82, 2.24) is 0 Å². The van der Waals surface area contributed by atoms with Crippen LogP contribution < -0.4 is 4.90 Å². The maximum absolute atomic E-state index is 11.8. The highest BCUT2D eigenvalue weighted by Gasteiger charge is 2.16. The van der Waals surface area contributed by atoms with E-state index in [1.54, 1.807) is 12.0 Å². The van der Waals surface area contributed by atoms with Crippen LogP contribution >= 0.6 is 11.6 Å². The second-order valence-corrected chi connectivity index (χ2v) is 4.16. The van der Waals surface area contributed by atoms with Crippen LogP contribution in [0.5, 0.6) is 0 Å². The van der Waals surface area contributed by atoms with Crippen LogP contribution in [0.25, 0.3) is 0 Å². The van der Waals surface area contributed by atoms with Crippen LogP contribution in [0.2, 0.25) is 0 Å². The quantitative estimate of drug-likeness (QED) is 0.757. The molecule has 1 aromatic rings. The zero-order valence-corrected chi connectivity index (χ0v) is 11.3. The molecule has 1 aromatic carbocycles. The summed E-state index contributed by atoms with van der Waals surface area (Å²) in [5.74, 6) is -0.116. The summed E-state index contributed by atoms with van der Waals surface area (Å²) in [5.41, 5.74) is 3.17. The van der Waals surface area contributed by atoms with Gasteiger partial charge in [0.1, 0.15) is 5.88 Å². The first-order valence-electron chi connectivity index (χ1n) is 5.53. The molecule has 0 aliphatic heterocycles. The molecule has 0 aromatic heterocycles. The lowest BCUT2D eigenvalue weighted by Gasteiger charge is -2.24. The van der Waals surface area contributed by atoms with Gasteiger partial charge in [-0.05, 0) is 31.0 Å². The number of alkyl halides is 1. The first-order chi connectivity index (χ1) is 8.11. The summed E-state index contributed by atoms with van der Waals surface area (Å²) in [6, 6.07) is 5.90. The molecule has 17 heavy (non-hydrogen) atoms. The van der Waals surface area contributed by atoms with Crippen molar-refractivity contribution < 1.29 is 9.53 Å². The second kappa shape index (κ2) is 6.62. The molecule has 4 heteroatoms. The van der Waals surface area contributed by atoms with Gasteiger partial charge in [-0.15, -0.1) is 11.6 Å². The van der Waals surface area contributed by atoms with Gasteiger partial charge in [-0.1, -0.05) is 12.1 Å². The Morgan fingerprint density at radius 3 is 2.71 bits per heavy atom. The molecule has 1 rings (SSSR count). The first-order valence-corrected chi connectivity index (χ1v) is 6.06. The Kier molecular flexibility index (Phi) is 5.45. The summed E-state index contributed by atoms with van der Waals surface area (Å²) in [6.07, 6.45) is 0. The fourth-order valence-corrected chi connectivity index (χ4v) is 1.81. The summed E-state index contributed by atoms with van der Waals surface area (Å²) >= 11 is 5.64. The minimum Gasteiger partial charge on any atom is -0.383 e. The van der Waals surface area contributed by atoms with E-state index in [0.717, 1.165) is 16.8 Å². The predicted octanol–water partition coefficient (Wildman–Crippen LogP) is 2.52. The van der Waals surface area contributed by atoms with Gasteiger partial charge in [-0.3, -0.25) is 4.79 Å². The number of amides is 1. The summed E-state index contributed by atoms with van der Waals surface area (Å²) in [7, 11) is 1.62. The van der Waals surface area contributed by atoms with Gasteiger partial charge >= 0.3 is 0 Å².